The second kappa shape index (κ2) is 9.78. The van der Waals surface area contributed by atoms with Gasteiger partial charge in [-0.25, -0.2) is 0 Å². The number of piperidine rings is 1. The summed E-state index contributed by atoms with van der Waals surface area (Å²) < 4.78 is 0. The summed E-state index contributed by atoms with van der Waals surface area (Å²) in [6, 6.07) is 15.0. The molecular formula is C21H26N2O3S. The lowest BCUT2D eigenvalue weighted by Crippen LogP contribution is -2.47. The molecule has 2 aromatic rings. The van der Waals surface area contributed by atoms with Gasteiger partial charge in [-0.15, -0.1) is 11.8 Å². The van der Waals surface area contributed by atoms with Gasteiger partial charge in [-0.1, -0.05) is 12.1 Å². The number of aromatic hydroxyl groups is 1. The molecule has 1 aliphatic rings. The van der Waals surface area contributed by atoms with Crippen LogP contribution in [0.3, 0.4) is 0 Å². The van der Waals surface area contributed by atoms with Crippen molar-refractivity contribution in [2.45, 2.75) is 30.3 Å². The Morgan fingerprint density at radius 2 is 2.04 bits per heavy atom. The monoisotopic (exact) mass is 386 g/mol. The van der Waals surface area contributed by atoms with Gasteiger partial charge in [0.05, 0.1) is 6.61 Å². The molecule has 144 valence electrons. The Morgan fingerprint density at radius 1 is 1.22 bits per heavy atom. The number of rotatable bonds is 7. The number of hydrogen-bond acceptors (Lipinski definition) is 5. The maximum Gasteiger partial charge on any atom is 0.251 e. The minimum Gasteiger partial charge on any atom is -0.508 e. The second-order valence-corrected chi connectivity index (χ2v) is 7.98. The van der Waals surface area contributed by atoms with E-state index in [9.17, 15) is 9.90 Å². The first-order chi connectivity index (χ1) is 13.1. The van der Waals surface area contributed by atoms with E-state index in [4.69, 9.17) is 5.11 Å². The molecule has 1 aliphatic heterocycles. The number of amides is 1. The van der Waals surface area contributed by atoms with Crippen molar-refractivity contribution >= 4 is 17.7 Å². The number of aliphatic hydroxyl groups excluding tert-OH is 1. The first-order valence-electron chi connectivity index (χ1n) is 9.29. The van der Waals surface area contributed by atoms with Crippen LogP contribution in [0, 0.1) is 0 Å². The molecule has 0 aromatic heterocycles. The Bertz CT molecular complexity index is 751. The molecule has 6 heteroatoms. The fourth-order valence-electron chi connectivity index (χ4n) is 3.36. The van der Waals surface area contributed by atoms with Crippen molar-refractivity contribution in [3.05, 3.63) is 59.7 Å². The van der Waals surface area contributed by atoms with Gasteiger partial charge in [0.2, 0.25) is 0 Å². The van der Waals surface area contributed by atoms with E-state index < -0.39 is 0 Å². The predicted molar refractivity (Wildman–Crippen MR) is 108 cm³/mol. The third-order valence-electron chi connectivity index (χ3n) is 4.63. The molecule has 2 aromatic carbocycles. The van der Waals surface area contributed by atoms with Crippen LogP contribution in [-0.2, 0) is 6.54 Å². The van der Waals surface area contributed by atoms with Crippen LogP contribution < -0.4 is 5.32 Å². The summed E-state index contributed by atoms with van der Waals surface area (Å²) in [7, 11) is 0. The molecular weight excluding hydrogens is 360 g/mol. The zero-order valence-electron chi connectivity index (χ0n) is 15.3. The number of likely N-dealkylation sites (tertiary alicyclic amines) is 1. The van der Waals surface area contributed by atoms with Crippen LogP contribution in [0.15, 0.2) is 53.4 Å². The van der Waals surface area contributed by atoms with Crippen molar-refractivity contribution in [2.75, 3.05) is 25.4 Å². The summed E-state index contributed by atoms with van der Waals surface area (Å²) in [5, 5.41) is 21.6. The summed E-state index contributed by atoms with van der Waals surface area (Å²) in [4.78, 5) is 15.9. The highest BCUT2D eigenvalue weighted by atomic mass is 32.2. The largest absolute Gasteiger partial charge is 0.508 e. The summed E-state index contributed by atoms with van der Waals surface area (Å²) in [6.07, 6.45) is 2.02. The molecule has 0 spiro atoms. The molecule has 0 saturated carbocycles. The standard InChI is InChI=1S/C21H26N2O3S/c24-11-12-27-20-8-6-17(7-9-20)21(26)22-18-4-2-10-23(15-18)14-16-3-1-5-19(25)13-16/h1,3,5-9,13,18,24-25H,2,4,10-12,14-15H2,(H,22,26)/t18-/m0/s1. The van der Waals surface area contributed by atoms with Crippen molar-refractivity contribution in [3.63, 3.8) is 0 Å². The minimum atomic E-state index is -0.0436. The number of carbonyl (C=O) groups is 1. The van der Waals surface area contributed by atoms with Gasteiger partial charge in [-0.05, 0) is 61.3 Å². The molecule has 0 aliphatic carbocycles. The molecule has 0 unspecified atom stereocenters. The van der Waals surface area contributed by atoms with Crippen LogP contribution in [0.1, 0.15) is 28.8 Å². The van der Waals surface area contributed by atoms with E-state index in [1.54, 1.807) is 23.9 Å². The smallest absolute Gasteiger partial charge is 0.251 e. The first-order valence-corrected chi connectivity index (χ1v) is 10.3. The van der Waals surface area contributed by atoms with Gasteiger partial charge in [0.15, 0.2) is 0 Å². The highest BCUT2D eigenvalue weighted by Gasteiger charge is 2.22. The van der Waals surface area contributed by atoms with E-state index in [-0.39, 0.29) is 24.3 Å². The van der Waals surface area contributed by atoms with Crippen LogP contribution >= 0.6 is 11.8 Å². The van der Waals surface area contributed by atoms with Gasteiger partial charge in [-0.3, -0.25) is 9.69 Å². The van der Waals surface area contributed by atoms with Crippen LogP contribution in [0.4, 0.5) is 0 Å². The van der Waals surface area contributed by atoms with Gasteiger partial charge in [-0.2, -0.15) is 0 Å². The topological polar surface area (TPSA) is 72.8 Å². The molecule has 1 saturated heterocycles. The molecule has 3 N–H and O–H groups in total. The summed E-state index contributed by atoms with van der Waals surface area (Å²) >= 11 is 1.57. The van der Waals surface area contributed by atoms with E-state index in [0.717, 1.165) is 42.9 Å². The number of thioether (sulfide) groups is 1. The average molecular weight is 387 g/mol. The van der Waals surface area contributed by atoms with Crippen LogP contribution in [0.2, 0.25) is 0 Å². The fraction of sp³-hybridized carbons (Fsp3) is 0.381. The SMILES string of the molecule is O=C(N[C@H]1CCCN(Cc2cccc(O)c2)C1)c1ccc(SCCO)cc1. The zero-order valence-corrected chi connectivity index (χ0v) is 16.1. The van der Waals surface area contributed by atoms with Crippen LogP contribution in [-0.4, -0.2) is 52.5 Å². The number of phenols is 1. The van der Waals surface area contributed by atoms with Gasteiger partial charge in [0.1, 0.15) is 5.75 Å². The van der Waals surface area contributed by atoms with Crippen molar-refractivity contribution in [1.29, 1.82) is 0 Å². The molecule has 0 radical (unpaired) electrons. The molecule has 27 heavy (non-hydrogen) atoms. The molecule has 5 nitrogen and oxygen atoms in total. The molecule has 1 amide bonds. The number of benzene rings is 2. The van der Waals surface area contributed by atoms with E-state index in [1.807, 2.05) is 36.4 Å². The minimum absolute atomic E-state index is 0.0436. The van der Waals surface area contributed by atoms with Gasteiger partial charge in [0.25, 0.3) is 5.91 Å². The van der Waals surface area contributed by atoms with Gasteiger partial charge < -0.3 is 15.5 Å². The Morgan fingerprint density at radius 3 is 2.78 bits per heavy atom. The number of aliphatic hydroxyl groups is 1. The zero-order chi connectivity index (χ0) is 19.1. The Kier molecular flexibility index (Phi) is 7.15. The normalized spacial score (nSPS) is 17.6. The lowest BCUT2D eigenvalue weighted by atomic mass is 10.0. The molecule has 1 heterocycles. The molecule has 1 atom stereocenters. The van der Waals surface area contributed by atoms with Gasteiger partial charge >= 0.3 is 0 Å². The van der Waals surface area contributed by atoms with Gasteiger partial charge in [0, 0.05) is 35.3 Å². The van der Waals surface area contributed by atoms with Crippen LogP contribution in [0.5, 0.6) is 5.75 Å². The fourth-order valence-corrected chi connectivity index (χ4v) is 4.02. The van der Waals surface area contributed by atoms with Crippen molar-refractivity contribution in [1.82, 2.24) is 10.2 Å². The quantitative estimate of drug-likeness (QED) is 0.638. The van der Waals surface area contributed by atoms with E-state index in [0.29, 0.717) is 11.3 Å². The lowest BCUT2D eigenvalue weighted by molar-refractivity contribution is 0.0900. The highest BCUT2D eigenvalue weighted by molar-refractivity contribution is 7.99. The second-order valence-electron chi connectivity index (χ2n) is 6.81. The maximum absolute atomic E-state index is 12.5. The summed E-state index contributed by atoms with van der Waals surface area (Å²) in [5.74, 6) is 0.899. The maximum atomic E-state index is 12.5. The van der Waals surface area contributed by atoms with E-state index in [2.05, 4.69) is 10.2 Å². The third kappa shape index (κ3) is 5.99. The summed E-state index contributed by atoms with van der Waals surface area (Å²) in [5.41, 5.74) is 1.74. The Hall–Kier alpha value is -2.02. The lowest BCUT2D eigenvalue weighted by Gasteiger charge is -2.33. The van der Waals surface area contributed by atoms with Crippen molar-refractivity contribution in [3.8, 4) is 5.75 Å². The number of carbonyl (C=O) groups excluding carboxylic acids is 1. The predicted octanol–water partition coefficient (Wildman–Crippen LogP) is 2.87. The number of hydrogen-bond donors (Lipinski definition) is 3. The molecule has 0 bridgehead atoms. The van der Waals surface area contributed by atoms with Crippen molar-refractivity contribution in [2.24, 2.45) is 0 Å². The number of nitrogens with one attached hydrogen (secondary N) is 1. The molecule has 3 rings (SSSR count). The van der Waals surface area contributed by atoms with E-state index in [1.165, 1.54) is 0 Å². The third-order valence-corrected chi connectivity index (χ3v) is 5.63. The molecule has 1 fully saturated rings. The average Bonchev–Trinajstić information content (AvgIpc) is 2.67. The van der Waals surface area contributed by atoms with Crippen molar-refractivity contribution < 1.29 is 15.0 Å². The number of nitrogens with zero attached hydrogens (tertiary/aromatic N) is 1. The summed E-state index contributed by atoms with van der Waals surface area (Å²) in [6.45, 7) is 2.73. The Labute approximate surface area is 164 Å². The Balaban J connectivity index is 1.53. The van der Waals surface area contributed by atoms with Crippen LogP contribution in [0.25, 0.3) is 0 Å². The first kappa shape index (κ1) is 19.7. The number of phenolic OH excluding ortho intramolecular Hbond substituents is 1. The highest BCUT2D eigenvalue weighted by Crippen LogP contribution is 2.19. The van der Waals surface area contributed by atoms with E-state index >= 15 is 0 Å².